The lowest BCUT2D eigenvalue weighted by molar-refractivity contribution is -0.00584. The minimum absolute atomic E-state index is 0.184. The Hall–Kier alpha value is -1.58. The summed E-state index contributed by atoms with van der Waals surface area (Å²) in [6, 6.07) is 15.8. The smallest absolute Gasteiger partial charge is 0.250 e. The van der Waals surface area contributed by atoms with E-state index in [1.165, 1.54) is 66.5 Å². The third-order valence-corrected chi connectivity index (χ3v) is 13.8. The maximum atomic E-state index is 9.42. The number of hydrogen-bond donors (Lipinski definition) is 1. The molecule has 6 rings (SSSR count). The zero-order chi connectivity index (χ0) is 23.4. The van der Waals surface area contributed by atoms with Crippen LogP contribution >= 0.6 is 0 Å². The van der Waals surface area contributed by atoms with Crippen molar-refractivity contribution in [3.63, 3.8) is 0 Å². The molecule has 0 aliphatic heterocycles. The highest BCUT2D eigenvalue weighted by molar-refractivity contribution is 6.74. The predicted molar refractivity (Wildman–Crippen MR) is 140 cm³/mol. The number of aliphatic hydroxyl groups is 1. The van der Waals surface area contributed by atoms with E-state index in [1.807, 2.05) is 0 Å². The standard InChI is InChI=1S/C30H42O2Si/c1-29(2,3)33(4,5)32-28-10-9-26(25-8-6-7-21(16-25)11-12-31)17-27(28)30-18-22-13-23(19-30)15-24(14-22)20-30/h6-10,16-17,22-24,31H,11-15,18-20H2,1-5H3. The monoisotopic (exact) mass is 462 g/mol. The van der Waals surface area contributed by atoms with Crippen LogP contribution < -0.4 is 4.43 Å². The second-order valence-corrected chi connectivity index (χ2v) is 17.7. The molecule has 0 radical (unpaired) electrons. The highest BCUT2D eigenvalue weighted by atomic mass is 28.4. The first-order chi connectivity index (χ1) is 15.6. The van der Waals surface area contributed by atoms with E-state index in [9.17, 15) is 5.11 Å². The number of aliphatic hydroxyl groups excluding tert-OH is 1. The van der Waals surface area contributed by atoms with Crippen LogP contribution in [0.5, 0.6) is 5.75 Å². The van der Waals surface area contributed by atoms with Crippen LogP contribution in [0.1, 0.15) is 70.4 Å². The molecule has 4 saturated carbocycles. The third-order valence-electron chi connectivity index (χ3n) is 9.42. The summed E-state index contributed by atoms with van der Waals surface area (Å²) in [5, 5.41) is 9.60. The maximum Gasteiger partial charge on any atom is 0.250 e. The van der Waals surface area contributed by atoms with Gasteiger partial charge in [-0.1, -0.05) is 51.1 Å². The SMILES string of the molecule is CC(C)(C)[Si](C)(C)Oc1ccc(-c2cccc(CCO)c2)cc1C12CC3CC(CC(C3)C1)C2. The van der Waals surface area contributed by atoms with Gasteiger partial charge in [-0.15, -0.1) is 0 Å². The molecule has 1 N–H and O–H groups in total. The van der Waals surface area contributed by atoms with Crippen molar-refractivity contribution in [1.82, 2.24) is 0 Å². The molecule has 0 heterocycles. The minimum atomic E-state index is -1.94. The topological polar surface area (TPSA) is 29.5 Å². The van der Waals surface area contributed by atoms with Gasteiger partial charge in [0.15, 0.2) is 0 Å². The van der Waals surface area contributed by atoms with Crippen molar-refractivity contribution in [1.29, 1.82) is 0 Å². The van der Waals surface area contributed by atoms with Gasteiger partial charge in [-0.05, 0) is 121 Å². The van der Waals surface area contributed by atoms with Gasteiger partial charge in [-0.3, -0.25) is 0 Å². The van der Waals surface area contributed by atoms with Crippen LogP contribution in [-0.2, 0) is 11.8 Å². The maximum absolute atomic E-state index is 9.42. The average molecular weight is 463 g/mol. The molecule has 2 nitrogen and oxygen atoms in total. The van der Waals surface area contributed by atoms with Gasteiger partial charge in [0.1, 0.15) is 5.75 Å². The lowest BCUT2D eigenvalue weighted by atomic mass is 9.48. The average Bonchev–Trinajstić information content (AvgIpc) is 2.72. The summed E-state index contributed by atoms with van der Waals surface area (Å²) in [4.78, 5) is 0. The van der Waals surface area contributed by atoms with E-state index in [1.54, 1.807) is 0 Å². The second-order valence-electron chi connectivity index (χ2n) is 12.9. The van der Waals surface area contributed by atoms with E-state index in [2.05, 4.69) is 76.3 Å². The van der Waals surface area contributed by atoms with E-state index in [-0.39, 0.29) is 11.6 Å². The van der Waals surface area contributed by atoms with Crippen molar-refractivity contribution in [3.05, 3.63) is 53.6 Å². The highest BCUT2D eigenvalue weighted by Crippen LogP contribution is 2.62. The molecule has 33 heavy (non-hydrogen) atoms. The van der Waals surface area contributed by atoms with Crippen LogP contribution in [0.25, 0.3) is 11.1 Å². The fraction of sp³-hybridized carbons (Fsp3) is 0.600. The fourth-order valence-electron chi connectivity index (χ4n) is 7.12. The van der Waals surface area contributed by atoms with Crippen molar-refractivity contribution in [2.24, 2.45) is 17.8 Å². The molecule has 0 saturated heterocycles. The Morgan fingerprint density at radius 3 is 2.09 bits per heavy atom. The minimum Gasteiger partial charge on any atom is -0.543 e. The molecule has 178 valence electrons. The molecular weight excluding hydrogens is 420 g/mol. The predicted octanol–water partition coefficient (Wildman–Crippen LogP) is 7.74. The molecule has 0 amide bonds. The van der Waals surface area contributed by atoms with Crippen LogP contribution in [0.15, 0.2) is 42.5 Å². The molecule has 4 fully saturated rings. The van der Waals surface area contributed by atoms with E-state index in [0.717, 1.165) is 17.8 Å². The van der Waals surface area contributed by atoms with Crippen molar-refractivity contribution >= 4 is 8.32 Å². The molecular formula is C30H42O2Si. The first-order valence-corrected chi connectivity index (χ1v) is 16.0. The zero-order valence-corrected chi connectivity index (χ0v) is 22.3. The summed E-state index contributed by atoms with van der Waals surface area (Å²) in [5.41, 5.74) is 5.55. The normalized spacial score (nSPS) is 28.8. The summed E-state index contributed by atoms with van der Waals surface area (Å²) in [6.45, 7) is 12.0. The Bertz CT molecular complexity index is 981. The molecule has 0 unspecified atom stereocenters. The highest BCUT2D eigenvalue weighted by Gasteiger charge is 2.53. The van der Waals surface area contributed by atoms with E-state index < -0.39 is 8.32 Å². The van der Waals surface area contributed by atoms with Gasteiger partial charge in [0.2, 0.25) is 8.32 Å². The zero-order valence-electron chi connectivity index (χ0n) is 21.3. The van der Waals surface area contributed by atoms with E-state index >= 15 is 0 Å². The Morgan fingerprint density at radius 2 is 1.52 bits per heavy atom. The van der Waals surface area contributed by atoms with Crippen LogP contribution in [0.4, 0.5) is 0 Å². The van der Waals surface area contributed by atoms with Crippen molar-refractivity contribution in [2.75, 3.05) is 6.61 Å². The molecule has 4 aliphatic carbocycles. The summed E-state index contributed by atoms with van der Waals surface area (Å²) in [5.74, 6) is 3.90. The van der Waals surface area contributed by atoms with Gasteiger partial charge in [-0.2, -0.15) is 0 Å². The van der Waals surface area contributed by atoms with Crippen LogP contribution in [-0.4, -0.2) is 20.0 Å². The van der Waals surface area contributed by atoms with Crippen LogP contribution in [0.3, 0.4) is 0 Å². The van der Waals surface area contributed by atoms with Crippen molar-refractivity contribution in [2.45, 2.75) is 89.3 Å². The Kier molecular flexibility index (Phi) is 5.81. The fourth-order valence-corrected chi connectivity index (χ4v) is 8.15. The van der Waals surface area contributed by atoms with Gasteiger partial charge in [0, 0.05) is 6.61 Å². The quantitative estimate of drug-likeness (QED) is 0.445. The second kappa shape index (κ2) is 8.27. The molecule has 3 heteroatoms. The Balaban J connectivity index is 1.60. The first kappa shape index (κ1) is 23.2. The van der Waals surface area contributed by atoms with Crippen molar-refractivity contribution < 1.29 is 9.53 Å². The Labute approximate surface area is 201 Å². The number of benzene rings is 2. The van der Waals surface area contributed by atoms with Crippen molar-refractivity contribution in [3.8, 4) is 16.9 Å². The lowest BCUT2D eigenvalue weighted by Crippen LogP contribution is -2.49. The van der Waals surface area contributed by atoms with E-state index in [0.29, 0.717) is 11.8 Å². The molecule has 0 atom stereocenters. The molecule has 4 bridgehead atoms. The lowest BCUT2D eigenvalue weighted by Gasteiger charge is -2.57. The largest absolute Gasteiger partial charge is 0.543 e. The summed E-state index contributed by atoms with van der Waals surface area (Å²) >= 11 is 0. The van der Waals surface area contributed by atoms with Gasteiger partial charge in [0.25, 0.3) is 0 Å². The summed E-state index contributed by atoms with van der Waals surface area (Å²) in [6.07, 6.45) is 9.13. The molecule has 2 aromatic rings. The molecule has 0 aromatic heterocycles. The first-order valence-electron chi connectivity index (χ1n) is 13.1. The van der Waals surface area contributed by atoms with Gasteiger partial charge in [0.05, 0.1) is 0 Å². The van der Waals surface area contributed by atoms with Crippen LogP contribution in [0.2, 0.25) is 18.1 Å². The van der Waals surface area contributed by atoms with Gasteiger partial charge < -0.3 is 9.53 Å². The Morgan fingerprint density at radius 1 is 0.909 bits per heavy atom. The van der Waals surface area contributed by atoms with E-state index in [4.69, 9.17) is 4.43 Å². The van der Waals surface area contributed by atoms with Crippen LogP contribution in [0, 0.1) is 17.8 Å². The molecule has 0 spiro atoms. The summed E-state index contributed by atoms with van der Waals surface area (Å²) < 4.78 is 7.05. The van der Waals surface area contributed by atoms with Gasteiger partial charge >= 0.3 is 0 Å². The van der Waals surface area contributed by atoms with Gasteiger partial charge in [-0.25, -0.2) is 0 Å². The number of rotatable bonds is 6. The molecule has 2 aromatic carbocycles. The third kappa shape index (κ3) is 4.32. The molecule has 4 aliphatic rings. The number of hydrogen-bond acceptors (Lipinski definition) is 2. The summed E-state index contributed by atoms with van der Waals surface area (Å²) in [7, 11) is -1.94.